The molecule has 21 heavy (non-hydrogen) atoms. The van der Waals surface area contributed by atoms with Crippen LogP contribution in [0.5, 0.6) is 0 Å². The van der Waals surface area contributed by atoms with E-state index in [1.807, 2.05) is 0 Å². The van der Waals surface area contributed by atoms with E-state index in [9.17, 15) is 21.6 Å². The van der Waals surface area contributed by atoms with Gasteiger partial charge in [0, 0.05) is 12.1 Å². The lowest BCUT2D eigenvalue weighted by molar-refractivity contribution is -0.173. The molecule has 0 saturated heterocycles. The van der Waals surface area contributed by atoms with Gasteiger partial charge in [-0.3, -0.25) is 0 Å². The summed E-state index contributed by atoms with van der Waals surface area (Å²) in [5.74, 6) is 0. The van der Waals surface area contributed by atoms with E-state index in [4.69, 9.17) is 18.0 Å². The molecule has 1 rings (SSSR count). The summed E-state index contributed by atoms with van der Waals surface area (Å²) in [5.41, 5.74) is 5.89. The van der Waals surface area contributed by atoms with E-state index in [0.717, 1.165) is 0 Å². The van der Waals surface area contributed by atoms with Crippen LogP contribution >= 0.6 is 12.2 Å². The highest BCUT2D eigenvalue weighted by molar-refractivity contribution is 7.89. The average molecular weight is 342 g/mol. The van der Waals surface area contributed by atoms with Crippen molar-refractivity contribution >= 4 is 27.2 Å². The van der Waals surface area contributed by atoms with Crippen molar-refractivity contribution < 1.29 is 26.3 Å². The van der Waals surface area contributed by atoms with Gasteiger partial charge in [0.25, 0.3) is 0 Å². The SMILES string of the molecule is NC(=S)c1ccc(S(=O)(=O)NCCOCC(F)(F)F)cc1. The van der Waals surface area contributed by atoms with E-state index < -0.39 is 22.8 Å². The monoisotopic (exact) mass is 342 g/mol. The molecule has 0 bridgehead atoms. The van der Waals surface area contributed by atoms with Gasteiger partial charge in [-0.25, -0.2) is 13.1 Å². The second kappa shape index (κ2) is 7.16. The number of benzene rings is 1. The normalized spacial score (nSPS) is 12.3. The molecule has 3 N–H and O–H groups in total. The molecule has 0 amide bonds. The van der Waals surface area contributed by atoms with Crippen LogP contribution in [0.4, 0.5) is 13.2 Å². The Balaban J connectivity index is 2.52. The van der Waals surface area contributed by atoms with E-state index in [2.05, 4.69) is 9.46 Å². The van der Waals surface area contributed by atoms with Gasteiger partial charge >= 0.3 is 6.18 Å². The summed E-state index contributed by atoms with van der Waals surface area (Å²) in [6.07, 6.45) is -4.44. The number of nitrogens with one attached hydrogen (secondary N) is 1. The zero-order valence-electron chi connectivity index (χ0n) is 10.7. The highest BCUT2D eigenvalue weighted by Crippen LogP contribution is 2.14. The van der Waals surface area contributed by atoms with Gasteiger partial charge in [-0.1, -0.05) is 24.4 Å². The molecule has 0 atom stereocenters. The minimum absolute atomic E-state index is 0.0432. The smallest absolute Gasteiger partial charge is 0.389 e. The van der Waals surface area contributed by atoms with Crippen molar-refractivity contribution in [1.82, 2.24) is 4.72 Å². The third-order valence-electron chi connectivity index (χ3n) is 2.25. The molecule has 118 valence electrons. The molecular weight excluding hydrogens is 329 g/mol. The molecule has 0 aliphatic carbocycles. The first-order valence-corrected chi connectivity index (χ1v) is 7.55. The van der Waals surface area contributed by atoms with Crippen molar-refractivity contribution in [2.75, 3.05) is 19.8 Å². The van der Waals surface area contributed by atoms with Crippen LogP contribution in [-0.4, -0.2) is 39.3 Å². The lowest BCUT2D eigenvalue weighted by Crippen LogP contribution is -2.29. The summed E-state index contributed by atoms with van der Waals surface area (Å²) in [5, 5.41) is 0. The van der Waals surface area contributed by atoms with Crippen LogP contribution in [0.3, 0.4) is 0 Å². The Morgan fingerprint density at radius 3 is 2.33 bits per heavy atom. The van der Waals surface area contributed by atoms with Gasteiger partial charge in [0.2, 0.25) is 10.0 Å². The van der Waals surface area contributed by atoms with Gasteiger partial charge in [0.15, 0.2) is 0 Å². The fraction of sp³-hybridized carbons (Fsp3) is 0.364. The van der Waals surface area contributed by atoms with Gasteiger partial charge in [-0.05, 0) is 12.1 Å². The van der Waals surface area contributed by atoms with Crippen LogP contribution < -0.4 is 10.5 Å². The molecule has 0 heterocycles. The highest BCUT2D eigenvalue weighted by atomic mass is 32.2. The Kier molecular flexibility index (Phi) is 6.08. The number of rotatable bonds is 7. The lowest BCUT2D eigenvalue weighted by atomic mass is 10.2. The molecule has 5 nitrogen and oxygen atoms in total. The largest absolute Gasteiger partial charge is 0.411 e. The van der Waals surface area contributed by atoms with Crippen molar-refractivity contribution in [2.45, 2.75) is 11.1 Å². The fourth-order valence-electron chi connectivity index (χ4n) is 1.32. The number of ether oxygens (including phenoxy) is 1. The number of halogens is 3. The minimum Gasteiger partial charge on any atom is -0.389 e. The standard InChI is InChI=1S/C11H13F3N2O3S2/c12-11(13,14)7-19-6-5-16-21(17,18)9-3-1-8(2-4-9)10(15)20/h1-4,16H,5-7H2,(H2,15,20). The Bertz CT molecular complexity index is 586. The number of alkyl halides is 3. The molecule has 0 aliphatic heterocycles. The summed E-state index contributed by atoms with van der Waals surface area (Å²) in [6, 6.07) is 5.48. The molecule has 0 unspecified atom stereocenters. The van der Waals surface area contributed by atoms with E-state index in [0.29, 0.717) is 5.56 Å². The molecule has 1 aromatic rings. The van der Waals surface area contributed by atoms with Crippen LogP contribution in [0, 0.1) is 0 Å². The molecule has 0 fully saturated rings. The van der Waals surface area contributed by atoms with Crippen LogP contribution in [0.25, 0.3) is 0 Å². The molecule has 0 radical (unpaired) electrons. The van der Waals surface area contributed by atoms with Crippen molar-refractivity contribution in [3.8, 4) is 0 Å². The first kappa shape index (κ1) is 17.8. The Labute approximate surface area is 125 Å². The summed E-state index contributed by atoms with van der Waals surface area (Å²) < 4.78 is 65.5. The summed E-state index contributed by atoms with van der Waals surface area (Å²) >= 11 is 4.73. The second-order valence-electron chi connectivity index (χ2n) is 3.95. The van der Waals surface area contributed by atoms with Gasteiger partial charge in [-0.2, -0.15) is 13.2 Å². The van der Waals surface area contributed by atoms with Crippen molar-refractivity contribution in [2.24, 2.45) is 5.73 Å². The summed E-state index contributed by atoms with van der Waals surface area (Å²) in [4.78, 5) is 0.0887. The second-order valence-corrected chi connectivity index (χ2v) is 6.16. The molecule has 10 heteroatoms. The third kappa shape index (κ3) is 6.38. The van der Waals surface area contributed by atoms with Crippen LogP contribution in [0.2, 0.25) is 0 Å². The molecule has 0 spiro atoms. The Morgan fingerprint density at radius 1 is 1.29 bits per heavy atom. The van der Waals surface area contributed by atoms with Crippen molar-refractivity contribution in [3.05, 3.63) is 29.8 Å². The minimum atomic E-state index is -4.44. The Hall–Kier alpha value is -1.23. The number of nitrogens with two attached hydrogens (primary N) is 1. The third-order valence-corrected chi connectivity index (χ3v) is 3.97. The van der Waals surface area contributed by atoms with Gasteiger partial charge < -0.3 is 10.5 Å². The number of hydrogen-bond donors (Lipinski definition) is 2. The van der Waals surface area contributed by atoms with E-state index in [1.165, 1.54) is 24.3 Å². The van der Waals surface area contributed by atoms with Crippen molar-refractivity contribution in [3.63, 3.8) is 0 Å². The summed E-state index contributed by atoms with van der Waals surface area (Å²) in [7, 11) is -3.81. The van der Waals surface area contributed by atoms with Crippen molar-refractivity contribution in [1.29, 1.82) is 0 Å². The fourth-order valence-corrected chi connectivity index (χ4v) is 2.47. The highest BCUT2D eigenvalue weighted by Gasteiger charge is 2.27. The number of thiocarbonyl (C=S) groups is 1. The van der Waals surface area contributed by atoms with Gasteiger partial charge in [0.1, 0.15) is 11.6 Å². The first-order valence-electron chi connectivity index (χ1n) is 5.66. The molecule has 0 aromatic heterocycles. The maximum atomic E-state index is 11.8. The van der Waals surface area contributed by atoms with Gasteiger partial charge in [0.05, 0.1) is 11.5 Å². The molecule has 0 aliphatic rings. The predicted octanol–water partition coefficient (Wildman–Crippen LogP) is 1.18. The molecular formula is C11H13F3N2O3S2. The van der Waals surface area contributed by atoms with Gasteiger partial charge in [-0.15, -0.1) is 0 Å². The Morgan fingerprint density at radius 2 is 1.86 bits per heavy atom. The molecule has 1 aromatic carbocycles. The quantitative estimate of drug-likeness (QED) is 0.574. The maximum absolute atomic E-state index is 11.8. The zero-order chi connectivity index (χ0) is 16.1. The van der Waals surface area contributed by atoms with Crippen LogP contribution in [0.1, 0.15) is 5.56 Å². The van der Waals surface area contributed by atoms with Crippen LogP contribution in [0.15, 0.2) is 29.2 Å². The number of hydrogen-bond acceptors (Lipinski definition) is 4. The zero-order valence-corrected chi connectivity index (χ0v) is 12.3. The van der Waals surface area contributed by atoms with E-state index in [-0.39, 0.29) is 23.0 Å². The summed E-state index contributed by atoms with van der Waals surface area (Å²) in [6.45, 7) is -2.07. The van der Waals surface area contributed by atoms with E-state index >= 15 is 0 Å². The van der Waals surface area contributed by atoms with Crippen LogP contribution in [-0.2, 0) is 14.8 Å². The predicted molar refractivity (Wildman–Crippen MR) is 74.4 cm³/mol. The maximum Gasteiger partial charge on any atom is 0.411 e. The average Bonchev–Trinajstić information content (AvgIpc) is 2.37. The first-order chi connectivity index (χ1) is 9.62. The lowest BCUT2D eigenvalue weighted by Gasteiger charge is -2.09. The number of sulfonamides is 1. The topological polar surface area (TPSA) is 81.4 Å². The molecule has 0 saturated carbocycles. The van der Waals surface area contributed by atoms with E-state index in [1.54, 1.807) is 0 Å².